The maximum atomic E-state index is 10.0. The number of ether oxygens (including phenoxy) is 1. The number of rotatable bonds is 2. The van der Waals surface area contributed by atoms with Crippen LogP contribution in [0.3, 0.4) is 0 Å². The number of carboxylic acids is 2. The molecular weight excluding hydrogens is 140 g/mol. The molecule has 1 aliphatic heterocycles. The second-order valence-corrected chi connectivity index (χ2v) is 2.03. The molecule has 0 radical (unpaired) electrons. The molecule has 1 fully saturated rings. The number of carbonyl (C=O) groups is 2. The van der Waals surface area contributed by atoms with Crippen LogP contribution in [0.25, 0.3) is 0 Å². The standard InChI is InChI=1S/C5H6O5/c6-4(7)2-1-3(10-2)5(8)9/h2-3H,1H2,(H,6,7)(H,8,9)/t2-,3?/m0/s1. The van der Waals surface area contributed by atoms with Gasteiger partial charge in [0.25, 0.3) is 0 Å². The predicted molar refractivity (Wildman–Crippen MR) is 28.5 cm³/mol. The van der Waals surface area contributed by atoms with E-state index in [0.717, 1.165) is 0 Å². The van der Waals surface area contributed by atoms with Crippen molar-refractivity contribution in [2.75, 3.05) is 0 Å². The van der Waals surface area contributed by atoms with Crippen LogP contribution < -0.4 is 0 Å². The van der Waals surface area contributed by atoms with Gasteiger partial charge >= 0.3 is 11.9 Å². The second-order valence-electron chi connectivity index (χ2n) is 2.03. The summed E-state index contributed by atoms with van der Waals surface area (Å²) >= 11 is 0. The topological polar surface area (TPSA) is 83.8 Å². The van der Waals surface area contributed by atoms with Crippen LogP contribution in [0.15, 0.2) is 0 Å². The third-order valence-corrected chi connectivity index (χ3v) is 1.31. The largest absolute Gasteiger partial charge is 0.479 e. The van der Waals surface area contributed by atoms with E-state index in [1.807, 2.05) is 0 Å². The Morgan fingerprint density at radius 1 is 1.20 bits per heavy atom. The van der Waals surface area contributed by atoms with Gasteiger partial charge in [-0.2, -0.15) is 0 Å². The molecule has 0 aromatic carbocycles. The minimum Gasteiger partial charge on any atom is -0.479 e. The van der Waals surface area contributed by atoms with Crippen molar-refractivity contribution >= 4 is 11.9 Å². The third-order valence-electron chi connectivity index (χ3n) is 1.31. The van der Waals surface area contributed by atoms with Gasteiger partial charge in [-0.15, -0.1) is 0 Å². The highest BCUT2D eigenvalue weighted by Crippen LogP contribution is 2.20. The monoisotopic (exact) mass is 146 g/mol. The molecule has 0 aromatic heterocycles. The molecule has 10 heavy (non-hydrogen) atoms. The maximum absolute atomic E-state index is 10.0. The first-order valence-electron chi connectivity index (χ1n) is 2.72. The first-order valence-corrected chi connectivity index (χ1v) is 2.72. The Morgan fingerprint density at radius 3 is 1.70 bits per heavy atom. The Bertz CT molecular complexity index is 151. The van der Waals surface area contributed by atoms with Crippen molar-refractivity contribution in [3.8, 4) is 0 Å². The Labute approximate surface area is 56.2 Å². The summed E-state index contributed by atoms with van der Waals surface area (Å²) in [4.78, 5) is 20.1. The molecule has 0 aromatic rings. The van der Waals surface area contributed by atoms with E-state index in [9.17, 15) is 9.59 Å². The lowest BCUT2D eigenvalue weighted by Gasteiger charge is -2.29. The highest BCUT2D eigenvalue weighted by atomic mass is 16.6. The molecule has 0 aliphatic carbocycles. The molecule has 0 bridgehead atoms. The molecule has 1 unspecified atom stereocenters. The molecule has 5 nitrogen and oxygen atoms in total. The second kappa shape index (κ2) is 2.26. The summed E-state index contributed by atoms with van der Waals surface area (Å²) in [5, 5.41) is 16.4. The molecule has 2 atom stereocenters. The zero-order valence-electron chi connectivity index (χ0n) is 4.98. The first kappa shape index (κ1) is 7.01. The van der Waals surface area contributed by atoms with Crippen molar-refractivity contribution < 1.29 is 24.5 Å². The average molecular weight is 146 g/mol. The zero-order chi connectivity index (χ0) is 7.72. The van der Waals surface area contributed by atoms with Gasteiger partial charge in [-0.05, 0) is 0 Å². The van der Waals surface area contributed by atoms with E-state index < -0.39 is 24.1 Å². The Balaban J connectivity index is 2.31. The highest BCUT2D eigenvalue weighted by molar-refractivity contribution is 5.79. The number of hydrogen-bond acceptors (Lipinski definition) is 3. The molecule has 5 heteroatoms. The molecule has 1 saturated heterocycles. The Hall–Kier alpha value is -1.10. The van der Waals surface area contributed by atoms with Crippen molar-refractivity contribution in [1.29, 1.82) is 0 Å². The molecule has 0 amide bonds. The maximum Gasteiger partial charge on any atom is 0.332 e. The molecular formula is C5H6O5. The number of aliphatic carboxylic acids is 2. The van der Waals surface area contributed by atoms with Gasteiger partial charge in [-0.1, -0.05) is 0 Å². The van der Waals surface area contributed by atoms with Crippen LogP contribution in [0.1, 0.15) is 6.42 Å². The lowest BCUT2D eigenvalue weighted by molar-refractivity contribution is -0.192. The van der Waals surface area contributed by atoms with E-state index in [0.29, 0.717) is 0 Å². The number of hydrogen-bond donors (Lipinski definition) is 2. The van der Waals surface area contributed by atoms with Crippen LogP contribution in [0.5, 0.6) is 0 Å². The third kappa shape index (κ3) is 1.08. The van der Waals surface area contributed by atoms with Crippen LogP contribution in [0.2, 0.25) is 0 Å². The van der Waals surface area contributed by atoms with Crippen molar-refractivity contribution in [3.05, 3.63) is 0 Å². The molecule has 2 N–H and O–H groups in total. The predicted octanol–water partition coefficient (Wildman–Crippen LogP) is -0.687. The van der Waals surface area contributed by atoms with Gasteiger partial charge in [-0.3, -0.25) is 0 Å². The smallest absolute Gasteiger partial charge is 0.332 e. The zero-order valence-corrected chi connectivity index (χ0v) is 4.98. The summed E-state index contributed by atoms with van der Waals surface area (Å²) in [5.74, 6) is -2.20. The molecule has 0 spiro atoms. The SMILES string of the molecule is O=C(O)C1C[C@@H](C(=O)O)O1. The summed E-state index contributed by atoms with van der Waals surface area (Å²) in [5.41, 5.74) is 0. The molecule has 1 rings (SSSR count). The molecule has 0 saturated carbocycles. The van der Waals surface area contributed by atoms with Gasteiger partial charge in [0, 0.05) is 6.42 Å². The van der Waals surface area contributed by atoms with Crippen LogP contribution >= 0.6 is 0 Å². The number of carboxylic acid groups (broad SMARTS) is 2. The van der Waals surface area contributed by atoms with E-state index in [1.165, 1.54) is 0 Å². The van der Waals surface area contributed by atoms with Crippen molar-refractivity contribution in [3.63, 3.8) is 0 Å². The normalized spacial score (nSPS) is 30.8. The van der Waals surface area contributed by atoms with Gasteiger partial charge in [-0.25, -0.2) is 9.59 Å². The average Bonchev–Trinajstić information content (AvgIpc) is 1.56. The fourth-order valence-corrected chi connectivity index (χ4v) is 0.700. The fraction of sp³-hybridized carbons (Fsp3) is 0.600. The van der Waals surface area contributed by atoms with Gasteiger partial charge in [0.05, 0.1) is 0 Å². The summed E-state index contributed by atoms with van der Waals surface area (Å²) in [6, 6.07) is 0. The quantitative estimate of drug-likeness (QED) is 0.538. The van der Waals surface area contributed by atoms with Gasteiger partial charge in [0.2, 0.25) is 0 Å². The van der Waals surface area contributed by atoms with E-state index in [-0.39, 0.29) is 6.42 Å². The summed E-state index contributed by atoms with van der Waals surface area (Å²) in [6.07, 6.45) is -1.76. The van der Waals surface area contributed by atoms with Gasteiger partial charge < -0.3 is 14.9 Å². The van der Waals surface area contributed by atoms with E-state index in [4.69, 9.17) is 10.2 Å². The summed E-state index contributed by atoms with van der Waals surface area (Å²) in [7, 11) is 0. The van der Waals surface area contributed by atoms with Crippen LogP contribution in [-0.2, 0) is 14.3 Å². The van der Waals surface area contributed by atoms with Crippen molar-refractivity contribution in [1.82, 2.24) is 0 Å². The molecule has 56 valence electrons. The fourth-order valence-electron chi connectivity index (χ4n) is 0.700. The van der Waals surface area contributed by atoms with Crippen molar-refractivity contribution in [2.45, 2.75) is 18.6 Å². The highest BCUT2D eigenvalue weighted by Gasteiger charge is 2.39. The van der Waals surface area contributed by atoms with Crippen LogP contribution in [0.4, 0.5) is 0 Å². The lowest BCUT2D eigenvalue weighted by Crippen LogP contribution is -2.47. The summed E-state index contributed by atoms with van der Waals surface area (Å²) in [6.45, 7) is 0. The first-order chi connectivity index (χ1) is 4.61. The van der Waals surface area contributed by atoms with E-state index in [1.54, 1.807) is 0 Å². The minimum atomic E-state index is -1.10. The van der Waals surface area contributed by atoms with Crippen molar-refractivity contribution in [2.24, 2.45) is 0 Å². The summed E-state index contributed by atoms with van der Waals surface area (Å²) < 4.78 is 4.46. The van der Waals surface area contributed by atoms with E-state index in [2.05, 4.69) is 4.74 Å². The van der Waals surface area contributed by atoms with Crippen LogP contribution in [0, 0.1) is 0 Å². The lowest BCUT2D eigenvalue weighted by atomic mass is 10.1. The molecule has 1 aliphatic rings. The Morgan fingerprint density at radius 2 is 1.50 bits per heavy atom. The van der Waals surface area contributed by atoms with Crippen LogP contribution in [-0.4, -0.2) is 34.4 Å². The Kier molecular flexibility index (Phi) is 1.58. The van der Waals surface area contributed by atoms with Gasteiger partial charge in [0.15, 0.2) is 12.2 Å². The van der Waals surface area contributed by atoms with Gasteiger partial charge in [0.1, 0.15) is 0 Å². The minimum absolute atomic E-state index is 0.0741. The van der Waals surface area contributed by atoms with E-state index >= 15 is 0 Å². The molecule has 1 heterocycles.